The van der Waals surface area contributed by atoms with Crippen molar-refractivity contribution >= 4 is 10.0 Å². The molecule has 0 fully saturated rings. The lowest BCUT2D eigenvalue weighted by atomic mass is 10.3. The van der Waals surface area contributed by atoms with E-state index in [4.69, 9.17) is 0 Å². The van der Waals surface area contributed by atoms with Crippen molar-refractivity contribution in [2.45, 2.75) is 11.0 Å². The zero-order valence-electron chi connectivity index (χ0n) is 9.56. The molecule has 0 saturated carbocycles. The van der Waals surface area contributed by atoms with Crippen LogP contribution in [-0.4, -0.2) is 39.9 Å². The van der Waals surface area contributed by atoms with Crippen molar-refractivity contribution in [3.8, 4) is 0 Å². The number of hydrogen-bond donors (Lipinski definition) is 2. The summed E-state index contributed by atoms with van der Waals surface area (Å²) < 4.78 is 55.7. The highest BCUT2D eigenvalue weighted by Crippen LogP contribution is 2.13. The topological polar surface area (TPSA) is 75.6 Å². The maximum atomic E-state index is 12.9. The molecule has 0 aliphatic heterocycles. The Morgan fingerprint density at radius 2 is 1.89 bits per heavy atom. The van der Waals surface area contributed by atoms with Crippen LogP contribution >= 0.6 is 0 Å². The minimum atomic E-state index is -4.06. The van der Waals surface area contributed by atoms with Gasteiger partial charge < -0.3 is 9.84 Å². The van der Waals surface area contributed by atoms with Crippen molar-refractivity contribution in [3.63, 3.8) is 0 Å². The van der Waals surface area contributed by atoms with Gasteiger partial charge in [0.05, 0.1) is 17.6 Å². The summed E-state index contributed by atoms with van der Waals surface area (Å²) >= 11 is 0. The number of aliphatic hydroxyl groups excluding tert-OH is 1. The first-order valence-corrected chi connectivity index (χ1v) is 6.46. The third-order valence-electron chi connectivity index (χ3n) is 2.01. The Hall–Kier alpha value is -1.09. The molecule has 18 heavy (non-hydrogen) atoms. The van der Waals surface area contributed by atoms with Gasteiger partial charge in [0.1, 0.15) is 11.6 Å². The summed E-state index contributed by atoms with van der Waals surface area (Å²) in [5.74, 6) is -1.99. The predicted molar refractivity (Wildman–Crippen MR) is 59.4 cm³/mol. The minimum absolute atomic E-state index is 0.0555. The Kier molecular flexibility index (Phi) is 5.15. The van der Waals surface area contributed by atoms with E-state index in [2.05, 4.69) is 4.74 Å². The van der Waals surface area contributed by atoms with Gasteiger partial charge in [0.2, 0.25) is 10.0 Å². The van der Waals surface area contributed by atoms with Crippen molar-refractivity contribution in [3.05, 3.63) is 29.8 Å². The van der Waals surface area contributed by atoms with E-state index < -0.39 is 32.7 Å². The number of sulfonamides is 1. The Morgan fingerprint density at radius 1 is 1.33 bits per heavy atom. The summed E-state index contributed by atoms with van der Waals surface area (Å²) in [6, 6.07) is 1.95. The fraction of sp³-hybridized carbons (Fsp3) is 0.400. The highest BCUT2D eigenvalue weighted by atomic mass is 32.2. The molecule has 1 unspecified atom stereocenters. The van der Waals surface area contributed by atoms with Crippen LogP contribution in [0.15, 0.2) is 23.1 Å². The fourth-order valence-corrected chi connectivity index (χ4v) is 2.34. The van der Waals surface area contributed by atoms with Gasteiger partial charge in [-0.1, -0.05) is 0 Å². The van der Waals surface area contributed by atoms with Crippen LogP contribution in [0, 0.1) is 11.6 Å². The van der Waals surface area contributed by atoms with Crippen molar-refractivity contribution in [1.82, 2.24) is 4.72 Å². The molecule has 0 radical (unpaired) electrons. The molecule has 0 amide bonds. The van der Waals surface area contributed by atoms with Crippen molar-refractivity contribution in [2.24, 2.45) is 0 Å². The summed E-state index contributed by atoms with van der Waals surface area (Å²) in [5.41, 5.74) is 0. The van der Waals surface area contributed by atoms with Gasteiger partial charge in [0.25, 0.3) is 0 Å². The molecule has 0 aromatic heterocycles. The maximum Gasteiger partial charge on any atom is 0.240 e. The van der Waals surface area contributed by atoms with Crippen LogP contribution in [0.4, 0.5) is 8.78 Å². The SMILES string of the molecule is COCC(O)CNS(=O)(=O)c1cc(F)cc(F)c1. The first-order valence-electron chi connectivity index (χ1n) is 4.98. The third-order valence-corrected chi connectivity index (χ3v) is 3.42. The number of aliphatic hydroxyl groups is 1. The van der Waals surface area contributed by atoms with Gasteiger partial charge in [-0.25, -0.2) is 21.9 Å². The zero-order valence-corrected chi connectivity index (χ0v) is 10.4. The second-order valence-corrected chi connectivity index (χ2v) is 5.33. The summed E-state index contributed by atoms with van der Waals surface area (Å²) in [6.45, 7) is -0.367. The van der Waals surface area contributed by atoms with E-state index in [9.17, 15) is 22.3 Å². The Bertz CT molecular complexity index is 486. The first-order chi connectivity index (χ1) is 8.35. The average molecular weight is 281 g/mol. The number of nitrogens with one attached hydrogen (secondary N) is 1. The lowest BCUT2D eigenvalue weighted by Gasteiger charge is -2.11. The second-order valence-electron chi connectivity index (χ2n) is 3.57. The lowest BCUT2D eigenvalue weighted by Crippen LogP contribution is -2.34. The largest absolute Gasteiger partial charge is 0.389 e. The molecular formula is C10H13F2NO4S. The third kappa shape index (κ3) is 4.30. The van der Waals surface area contributed by atoms with E-state index in [1.54, 1.807) is 0 Å². The van der Waals surface area contributed by atoms with E-state index in [-0.39, 0.29) is 13.2 Å². The van der Waals surface area contributed by atoms with Gasteiger partial charge in [-0.05, 0) is 12.1 Å². The molecule has 0 bridgehead atoms. The number of hydrogen-bond acceptors (Lipinski definition) is 4. The number of rotatable bonds is 6. The lowest BCUT2D eigenvalue weighted by molar-refractivity contribution is 0.0679. The number of halogens is 2. The van der Waals surface area contributed by atoms with Crippen LogP contribution in [0.25, 0.3) is 0 Å². The minimum Gasteiger partial charge on any atom is -0.389 e. The summed E-state index contributed by atoms with van der Waals surface area (Å²) in [7, 11) is -2.72. The Balaban J connectivity index is 2.80. The molecule has 8 heteroatoms. The summed E-state index contributed by atoms with van der Waals surface area (Å²) in [6.07, 6.45) is -1.04. The van der Waals surface area contributed by atoms with E-state index in [0.29, 0.717) is 18.2 Å². The molecular weight excluding hydrogens is 268 g/mol. The Labute approximate surface area is 103 Å². The van der Waals surface area contributed by atoms with E-state index in [1.165, 1.54) is 7.11 Å². The standard InChI is InChI=1S/C10H13F2NO4S/c1-17-6-9(14)5-13-18(15,16)10-3-7(11)2-8(12)4-10/h2-4,9,13-14H,5-6H2,1H3. The molecule has 0 heterocycles. The molecule has 1 aromatic carbocycles. The summed E-state index contributed by atoms with van der Waals surface area (Å²) in [5, 5.41) is 9.27. The van der Waals surface area contributed by atoms with Crippen LogP contribution in [-0.2, 0) is 14.8 Å². The molecule has 102 valence electrons. The first kappa shape index (κ1) is 15.0. The van der Waals surface area contributed by atoms with Gasteiger partial charge in [-0.2, -0.15) is 0 Å². The fourth-order valence-electron chi connectivity index (χ4n) is 1.22. The van der Waals surface area contributed by atoms with Crippen LogP contribution in [0.3, 0.4) is 0 Å². The maximum absolute atomic E-state index is 12.9. The van der Waals surface area contributed by atoms with Gasteiger partial charge in [0, 0.05) is 19.7 Å². The van der Waals surface area contributed by atoms with Crippen LogP contribution in [0.1, 0.15) is 0 Å². The highest BCUT2D eigenvalue weighted by molar-refractivity contribution is 7.89. The van der Waals surface area contributed by atoms with Crippen molar-refractivity contribution < 1.29 is 27.0 Å². The van der Waals surface area contributed by atoms with Gasteiger partial charge in [0.15, 0.2) is 0 Å². The quantitative estimate of drug-likeness (QED) is 0.784. The van der Waals surface area contributed by atoms with E-state index in [1.807, 2.05) is 4.72 Å². The van der Waals surface area contributed by atoms with E-state index in [0.717, 1.165) is 0 Å². The number of methoxy groups -OCH3 is 1. The summed E-state index contributed by atoms with van der Waals surface area (Å²) in [4.78, 5) is -0.537. The Morgan fingerprint density at radius 3 is 2.39 bits per heavy atom. The monoisotopic (exact) mass is 281 g/mol. The van der Waals surface area contributed by atoms with Crippen LogP contribution < -0.4 is 4.72 Å². The molecule has 0 spiro atoms. The van der Waals surface area contributed by atoms with Crippen LogP contribution in [0.2, 0.25) is 0 Å². The van der Waals surface area contributed by atoms with Crippen LogP contribution in [0.5, 0.6) is 0 Å². The van der Waals surface area contributed by atoms with Crippen molar-refractivity contribution in [2.75, 3.05) is 20.3 Å². The number of ether oxygens (including phenoxy) is 1. The van der Waals surface area contributed by atoms with Gasteiger partial charge in [-0.3, -0.25) is 0 Å². The molecule has 2 N–H and O–H groups in total. The normalized spacial score (nSPS) is 13.6. The highest BCUT2D eigenvalue weighted by Gasteiger charge is 2.17. The molecule has 1 aromatic rings. The molecule has 0 saturated heterocycles. The number of benzene rings is 1. The smallest absolute Gasteiger partial charge is 0.240 e. The predicted octanol–water partition coefficient (Wildman–Crippen LogP) is 0.250. The molecule has 1 rings (SSSR count). The average Bonchev–Trinajstić information content (AvgIpc) is 2.26. The second kappa shape index (κ2) is 6.19. The molecule has 1 atom stereocenters. The van der Waals surface area contributed by atoms with Gasteiger partial charge in [-0.15, -0.1) is 0 Å². The molecule has 0 aliphatic rings. The van der Waals surface area contributed by atoms with Crippen molar-refractivity contribution in [1.29, 1.82) is 0 Å². The molecule has 5 nitrogen and oxygen atoms in total. The zero-order chi connectivity index (χ0) is 13.8. The molecule has 0 aliphatic carbocycles. The van der Waals surface area contributed by atoms with E-state index >= 15 is 0 Å². The van der Waals surface area contributed by atoms with Gasteiger partial charge >= 0.3 is 0 Å².